The highest BCUT2D eigenvalue weighted by Crippen LogP contribution is 2.24. The van der Waals surface area contributed by atoms with Crippen molar-refractivity contribution in [3.8, 4) is 0 Å². The van der Waals surface area contributed by atoms with Gasteiger partial charge in [-0.15, -0.1) is 0 Å². The summed E-state index contributed by atoms with van der Waals surface area (Å²) in [5, 5.41) is 3.35. The van der Waals surface area contributed by atoms with E-state index < -0.39 is 0 Å². The van der Waals surface area contributed by atoms with E-state index in [1.807, 2.05) is 0 Å². The highest BCUT2D eigenvalue weighted by Gasteiger charge is 2.26. The molecule has 0 radical (unpaired) electrons. The van der Waals surface area contributed by atoms with Crippen molar-refractivity contribution in [1.82, 2.24) is 10.2 Å². The van der Waals surface area contributed by atoms with Gasteiger partial charge in [0.15, 0.2) is 0 Å². The van der Waals surface area contributed by atoms with Crippen LogP contribution >= 0.6 is 0 Å². The maximum absolute atomic E-state index is 3.35. The molecule has 2 heteroatoms. The lowest BCUT2D eigenvalue weighted by molar-refractivity contribution is 0.157. The van der Waals surface area contributed by atoms with Gasteiger partial charge in [-0.25, -0.2) is 0 Å². The van der Waals surface area contributed by atoms with Crippen LogP contribution in [0.1, 0.15) is 19.3 Å². The van der Waals surface area contributed by atoms with Gasteiger partial charge in [-0.05, 0) is 12.8 Å². The second-order valence-electron chi connectivity index (χ2n) is 3.06. The van der Waals surface area contributed by atoms with Gasteiger partial charge in [-0.1, -0.05) is 6.42 Å². The molecule has 1 saturated heterocycles. The Morgan fingerprint density at radius 2 is 2.22 bits per heavy atom. The molecule has 0 bridgehead atoms. The fourth-order valence-electron chi connectivity index (χ4n) is 1.59. The average Bonchev–Trinajstić information content (AvgIpc) is 2.11. The Morgan fingerprint density at radius 3 is 2.67 bits per heavy atom. The summed E-state index contributed by atoms with van der Waals surface area (Å²) in [5.74, 6) is 0. The van der Waals surface area contributed by atoms with Crippen molar-refractivity contribution < 1.29 is 0 Å². The minimum absolute atomic E-state index is 0.944. The minimum Gasteiger partial charge on any atom is -0.303 e. The zero-order chi connectivity index (χ0) is 6.10. The molecule has 1 saturated carbocycles. The van der Waals surface area contributed by atoms with Gasteiger partial charge in [0.2, 0.25) is 0 Å². The smallest absolute Gasteiger partial charge is 0.0484 e. The second-order valence-corrected chi connectivity index (χ2v) is 3.06. The normalized spacial score (nSPS) is 30.7. The molecule has 0 unspecified atom stereocenters. The molecule has 0 spiro atoms. The maximum Gasteiger partial charge on any atom is 0.0484 e. The van der Waals surface area contributed by atoms with Crippen molar-refractivity contribution >= 4 is 0 Å². The average molecular weight is 126 g/mol. The van der Waals surface area contributed by atoms with Crippen molar-refractivity contribution in [2.24, 2.45) is 0 Å². The summed E-state index contributed by atoms with van der Waals surface area (Å²) in [6, 6.07) is 0.944. The van der Waals surface area contributed by atoms with Gasteiger partial charge in [-0.2, -0.15) is 0 Å². The number of rotatable bonds is 1. The SMILES string of the molecule is C1CC(N2CCNC2)C1. The van der Waals surface area contributed by atoms with E-state index in [1.165, 1.54) is 32.4 Å². The third-order valence-electron chi connectivity index (χ3n) is 2.48. The van der Waals surface area contributed by atoms with Gasteiger partial charge in [0.1, 0.15) is 0 Å². The molecular formula is C7H14N2. The van der Waals surface area contributed by atoms with Crippen molar-refractivity contribution in [1.29, 1.82) is 0 Å². The third-order valence-corrected chi connectivity index (χ3v) is 2.48. The van der Waals surface area contributed by atoms with Gasteiger partial charge in [0, 0.05) is 25.8 Å². The van der Waals surface area contributed by atoms with E-state index in [4.69, 9.17) is 0 Å². The molecule has 0 atom stereocenters. The van der Waals surface area contributed by atoms with Crippen molar-refractivity contribution in [3.05, 3.63) is 0 Å². The Hall–Kier alpha value is -0.0800. The molecule has 9 heavy (non-hydrogen) atoms. The summed E-state index contributed by atoms with van der Waals surface area (Å²) in [7, 11) is 0. The van der Waals surface area contributed by atoms with Gasteiger partial charge >= 0.3 is 0 Å². The van der Waals surface area contributed by atoms with Gasteiger partial charge in [-0.3, -0.25) is 4.90 Å². The monoisotopic (exact) mass is 126 g/mol. The number of hydrogen-bond acceptors (Lipinski definition) is 2. The highest BCUT2D eigenvalue weighted by molar-refractivity contribution is 4.82. The molecule has 52 valence electrons. The fraction of sp³-hybridized carbons (Fsp3) is 1.00. The third kappa shape index (κ3) is 0.970. The standard InChI is InChI=1S/C7H14N2/c1-2-7(3-1)9-5-4-8-6-9/h7-8H,1-6H2. The molecule has 2 aliphatic rings. The van der Waals surface area contributed by atoms with Crippen LogP contribution in [0.3, 0.4) is 0 Å². The molecule has 2 rings (SSSR count). The van der Waals surface area contributed by atoms with E-state index in [9.17, 15) is 0 Å². The first-order valence-corrected chi connectivity index (χ1v) is 3.91. The fourth-order valence-corrected chi connectivity index (χ4v) is 1.59. The lowest BCUT2D eigenvalue weighted by atomic mass is 9.92. The molecular weight excluding hydrogens is 112 g/mol. The molecule has 0 aromatic rings. The summed E-state index contributed by atoms with van der Waals surface area (Å²) in [4.78, 5) is 2.56. The van der Waals surface area contributed by atoms with Crippen LogP contribution < -0.4 is 5.32 Å². The maximum atomic E-state index is 3.35. The van der Waals surface area contributed by atoms with E-state index in [2.05, 4.69) is 10.2 Å². The molecule has 0 amide bonds. The molecule has 1 N–H and O–H groups in total. The predicted molar refractivity (Wildman–Crippen MR) is 37.2 cm³/mol. The summed E-state index contributed by atoms with van der Waals surface area (Å²) >= 11 is 0. The first kappa shape index (κ1) is 5.69. The summed E-state index contributed by atoms with van der Waals surface area (Å²) < 4.78 is 0. The van der Waals surface area contributed by atoms with Gasteiger partial charge < -0.3 is 5.32 Å². The van der Waals surface area contributed by atoms with Crippen molar-refractivity contribution in [3.63, 3.8) is 0 Å². The Balaban J connectivity index is 1.82. The Morgan fingerprint density at radius 1 is 1.33 bits per heavy atom. The first-order valence-electron chi connectivity index (χ1n) is 3.91. The molecule has 2 nitrogen and oxygen atoms in total. The lowest BCUT2D eigenvalue weighted by Crippen LogP contribution is -2.38. The molecule has 0 aromatic carbocycles. The predicted octanol–water partition coefficient (Wildman–Crippen LogP) is 0.402. The summed E-state index contributed by atoms with van der Waals surface area (Å²) in [6.07, 6.45) is 4.35. The molecule has 1 aliphatic heterocycles. The van der Waals surface area contributed by atoms with Crippen LogP contribution in [0.25, 0.3) is 0 Å². The Labute approximate surface area is 56.2 Å². The zero-order valence-electron chi connectivity index (χ0n) is 5.77. The van der Waals surface area contributed by atoms with Crippen LogP contribution in [-0.2, 0) is 0 Å². The summed E-state index contributed by atoms with van der Waals surface area (Å²) in [5.41, 5.74) is 0. The zero-order valence-corrected chi connectivity index (χ0v) is 5.77. The molecule has 1 heterocycles. The van der Waals surface area contributed by atoms with Gasteiger partial charge in [0.05, 0.1) is 0 Å². The Kier molecular flexibility index (Phi) is 1.44. The minimum atomic E-state index is 0.944. The number of nitrogens with zero attached hydrogens (tertiary/aromatic N) is 1. The largest absolute Gasteiger partial charge is 0.303 e. The lowest BCUT2D eigenvalue weighted by Gasteiger charge is -2.33. The second kappa shape index (κ2) is 2.27. The molecule has 0 aromatic heterocycles. The van der Waals surface area contributed by atoms with Crippen LogP contribution in [0.5, 0.6) is 0 Å². The van der Waals surface area contributed by atoms with Crippen LogP contribution in [0.15, 0.2) is 0 Å². The molecule has 1 aliphatic carbocycles. The van der Waals surface area contributed by atoms with Crippen molar-refractivity contribution in [2.75, 3.05) is 19.8 Å². The quantitative estimate of drug-likeness (QED) is 0.547. The van der Waals surface area contributed by atoms with Crippen LogP contribution in [0, 0.1) is 0 Å². The van der Waals surface area contributed by atoms with Crippen LogP contribution in [-0.4, -0.2) is 30.7 Å². The Bertz CT molecular complexity index is 93.1. The number of nitrogens with one attached hydrogen (secondary N) is 1. The van der Waals surface area contributed by atoms with E-state index in [-0.39, 0.29) is 0 Å². The van der Waals surface area contributed by atoms with Gasteiger partial charge in [0.25, 0.3) is 0 Å². The van der Waals surface area contributed by atoms with E-state index in [0.29, 0.717) is 0 Å². The van der Waals surface area contributed by atoms with Crippen LogP contribution in [0.4, 0.5) is 0 Å². The van der Waals surface area contributed by atoms with E-state index >= 15 is 0 Å². The van der Waals surface area contributed by atoms with Crippen LogP contribution in [0.2, 0.25) is 0 Å². The molecule has 2 fully saturated rings. The van der Waals surface area contributed by atoms with E-state index in [1.54, 1.807) is 0 Å². The van der Waals surface area contributed by atoms with Crippen molar-refractivity contribution in [2.45, 2.75) is 25.3 Å². The highest BCUT2D eigenvalue weighted by atomic mass is 15.3. The number of hydrogen-bond donors (Lipinski definition) is 1. The van der Waals surface area contributed by atoms with E-state index in [0.717, 1.165) is 12.7 Å². The summed E-state index contributed by atoms with van der Waals surface area (Å²) in [6.45, 7) is 3.63. The first-order chi connectivity index (χ1) is 4.47. The topological polar surface area (TPSA) is 15.3 Å².